The first kappa shape index (κ1) is 10.7. The van der Waals surface area contributed by atoms with E-state index in [1.165, 1.54) is 36.3 Å². The fraction of sp³-hybridized carbons (Fsp3) is 0.750. The van der Waals surface area contributed by atoms with Crippen LogP contribution in [-0.2, 0) is 13.0 Å². The van der Waals surface area contributed by atoms with Crippen LogP contribution in [0, 0.1) is 13.8 Å². The zero-order valence-electron chi connectivity index (χ0n) is 10.0. The molecule has 1 aromatic rings. The Kier molecular flexibility index (Phi) is 3.10. The van der Waals surface area contributed by atoms with Gasteiger partial charge in [0.15, 0.2) is 0 Å². The standard InChI is InChI=1S/C12H21N3/c1-4-12-9(2)14-15(10(12)3)8-11-6-5-7-13-11/h11,13H,4-8H2,1-3H3. The Bertz CT molecular complexity index is 335. The molecule has 15 heavy (non-hydrogen) atoms. The lowest BCUT2D eigenvalue weighted by Gasteiger charge is -2.11. The Morgan fingerprint density at radius 2 is 2.27 bits per heavy atom. The van der Waals surface area contributed by atoms with Gasteiger partial charge in [-0.05, 0) is 45.2 Å². The van der Waals surface area contributed by atoms with E-state index >= 15 is 0 Å². The summed E-state index contributed by atoms with van der Waals surface area (Å²) in [5.74, 6) is 0. The fourth-order valence-corrected chi connectivity index (χ4v) is 2.54. The minimum absolute atomic E-state index is 0.632. The van der Waals surface area contributed by atoms with Crippen molar-refractivity contribution in [3.8, 4) is 0 Å². The highest BCUT2D eigenvalue weighted by atomic mass is 15.3. The zero-order chi connectivity index (χ0) is 10.8. The summed E-state index contributed by atoms with van der Waals surface area (Å²) in [6.07, 6.45) is 3.69. The lowest BCUT2D eigenvalue weighted by Crippen LogP contribution is -2.27. The predicted molar refractivity (Wildman–Crippen MR) is 62.1 cm³/mol. The van der Waals surface area contributed by atoms with Crippen molar-refractivity contribution < 1.29 is 0 Å². The smallest absolute Gasteiger partial charge is 0.0628 e. The molecule has 2 heterocycles. The average Bonchev–Trinajstić information content (AvgIpc) is 2.78. The van der Waals surface area contributed by atoms with Crippen LogP contribution in [0.25, 0.3) is 0 Å². The molecular weight excluding hydrogens is 186 g/mol. The molecule has 2 rings (SSSR count). The molecule has 1 saturated heterocycles. The Labute approximate surface area is 91.9 Å². The van der Waals surface area contributed by atoms with Crippen molar-refractivity contribution in [3.05, 3.63) is 17.0 Å². The number of aromatic nitrogens is 2. The van der Waals surface area contributed by atoms with Crippen molar-refractivity contribution in [1.29, 1.82) is 0 Å². The van der Waals surface area contributed by atoms with Gasteiger partial charge in [-0.15, -0.1) is 0 Å². The molecule has 1 N–H and O–H groups in total. The summed E-state index contributed by atoms with van der Waals surface area (Å²) in [4.78, 5) is 0. The molecule has 0 aromatic carbocycles. The molecule has 0 amide bonds. The summed E-state index contributed by atoms with van der Waals surface area (Å²) in [5.41, 5.74) is 3.98. The van der Waals surface area contributed by atoms with E-state index in [0.29, 0.717) is 6.04 Å². The second-order valence-electron chi connectivity index (χ2n) is 4.48. The first-order chi connectivity index (χ1) is 7.22. The molecule has 0 spiro atoms. The van der Waals surface area contributed by atoms with Gasteiger partial charge in [0, 0.05) is 11.7 Å². The summed E-state index contributed by atoms with van der Waals surface area (Å²) in [5, 5.41) is 8.14. The Morgan fingerprint density at radius 1 is 1.47 bits per heavy atom. The van der Waals surface area contributed by atoms with E-state index < -0.39 is 0 Å². The molecule has 84 valence electrons. The van der Waals surface area contributed by atoms with Gasteiger partial charge in [0.2, 0.25) is 0 Å². The third-order valence-electron chi connectivity index (χ3n) is 3.44. The van der Waals surface area contributed by atoms with Crippen LogP contribution in [0.1, 0.15) is 36.7 Å². The summed E-state index contributed by atoms with van der Waals surface area (Å²) in [6.45, 7) is 8.71. The minimum atomic E-state index is 0.632. The van der Waals surface area contributed by atoms with Crippen LogP contribution in [0.3, 0.4) is 0 Å². The van der Waals surface area contributed by atoms with Crippen LogP contribution in [0.15, 0.2) is 0 Å². The third-order valence-corrected chi connectivity index (χ3v) is 3.44. The number of nitrogens with one attached hydrogen (secondary N) is 1. The van der Waals surface area contributed by atoms with Gasteiger partial charge in [-0.1, -0.05) is 6.92 Å². The molecule has 1 unspecified atom stereocenters. The highest BCUT2D eigenvalue weighted by Crippen LogP contribution is 2.15. The van der Waals surface area contributed by atoms with Crippen molar-refractivity contribution in [1.82, 2.24) is 15.1 Å². The largest absolute Gasteiger partial charge is 0.312 e. The quantitative estimate of drug-likeness (QED) is 0.819. The van der Waals surface area contributed by atoms with Crippen LogP contribution < -0.4 is 5.32 Å². The summed E-state index contributed by atoms with van der Waals surface area (Å²) in [6, 6.07) is 0.632. The Hall–Kier alpha value is -0.830. The highest BCUT2D eigenvalue weighted by molar-refractivity contribution is 5.24. The Balaban J connectivity index is 2.13. The topological polar surface area (TPSA) is 29.9 Å². The number of hydrogen-bond donors (Lipinski definition) is 1. The van der Waals surface area contributed by atoms with E-state index in [2.05, 4.69) is 35.9 Å². The van der Waals surface area contributed by atoms with Gasteiger partial charge in [-0.2, -0.15) is 5.10 Å². The highest BCUT2D eigenvalue weighted by Gasteiger charge is 2.17. The molecule has 0 bridgehead atoms. The molecule has 3 nitrogen and oxygen atoms in total. The number of rotatable bonds is 3. The molecule has 1 aliphatic rings. The molecule has 0 aliphatic carbocycles. The van der Waals surface area contributed by atoms with Crippen molar-refractivity contribution >= 4 is 0 Å². The lowest BCUT2D eigenvalue weighted by atomic mass is 10.1. The Morgan fingerprint density at radius 3 is 2.80 bits per heavy atom. The van der Waals surface area contributed by atoms with Gasteiger partial charge in [0.05, 0.1) is 12.2 Å². The molecule has 0 radical (unpaired) electrons. The number of nitrogens with zero attached hydrogens (tertiary/aromatic N) is 2. The molecule has 1 aromatic heterocycles. The zero-order valence-corrected chi connectivity index (χ0v) is 10.0. The summed E-state index contributed by atoms with van der Waals surface area (Å²) < 4.78 is 2.18. The number of aryl methyl sites for hydroxylation is 1. The fourth-order valence-electron chi connectivity index (χ4n) is 2.54. The van der Waals surface area contributed by atoms with Gasteiger partial charge >= 0.3 is 0 Å². The van der Waals surface area contributed by atoms with Gasteiger partial charge in [0.25, 0.3) is 0 Å². The van der Waals surface area contributed by atoms with E-state index in [1.807, 2.05) is 0 Å². The van der Waals surface area contributed by atoms with Crippen LogP contribution in [0.5, 0.6) is 0 Å². The SMILES string of the molecule is CCc1c(C)nn(CC2CCCN2)c1C. The van der Waals surface area contributed by atoms with Gasteiger partial charge < -0.3 is 5.32 Å². The van der Waals surface area contributed by atoms with E-state index in [0.717, 1.165) is 13.0 Å². The summed E-state index contributed by atoms with van der Waals surface area (Å²) >= 11 is 0. The number of hydrogen-bond acceptors (Lipinski definition) is 2. The van der Waals surface area contributed by atoms with Crippen LogP contribution in [0.2, 0.25) is 0 Å². The predicted octanol–water partition coefficient (Wildman–Crippen LogP) is 1.81. The van der Waals surface area contributed by atoms with Gasteiger partial charge in [-0.25, -0.2) is 0 Å². The second kappa shape index (κ2) is 4.35. The maximum atomic E-state index is 4.62. The maximum Gasteiger partial charge on any atom is 0.0628 e. The van der Waals surface area contributed by atoms with Gasteiger partial charge in [0.1, 0.15) is 0 Å². The van der Waals surface area contributed by atoms with Crippen LogP contribution in [0.4, 0.5) is 0 Å². The minimum Gasteiger partial charge on any atom is -0.312 e. The third kappa shape index (κ3) is 2.07. The average molecular weight is 207 g/mol. The van der Waals surface area contributed by atoms with E-state index in [9.17, 15) is 0 Å². The van der Waals surface area contributed by atoms with Gasteiger partial charge in [-0.3, -0.25) is 4.68 Å². The normalized spacial score (nSPS) is 21.1. The van der Waals surface area contributed by atoms with E-state index in [-0.39, 0.29) is 0 Å². The van der Waals surface area contributed by atoms with Crippen molar-refractivity contribution in [2.75, 3.05) is 6.54 Å². The molecule has 1 aliphatic heterocycles. The lowest BCUT2D eigenvalue weighted by molar-refractivity contribution is 0.467. The second-order valence-corrected chi connectivity index (χ2v) is 4.48. The monoisotopic (exact) mass is 207 g/mol. The van der Waals surface area contributed by atoms with Crippen molar-refractivity contribution in [3.63, 3.8) is 0 Å². The van der Waals surface area contributed by atoms with Crippen LogP contribution >= 0.6 is 0 Å². The van der Waals surface area contributed by atoms with Crippen LogP contribution in [-0.4, -0.2) is 22.4 Å². The molecule has 0 saturated carbocycles. The maximum absolute atomic E-state index is 4.62. The summed E-state index contributed by atoms with van der Waals surface area (Å²) in [7, 11) is 0. The molecule has 1 atom stereocenters. The first-order valence-electron chi connectivity index (χ1n) is 5.98. The van der Waals surface area contributed by atoms with Crippen molar-refractivity contribution in [2.24, 2.45) is 0 Å². The molecule has 1 fully saturated rings. The molecular formula is C12H21N3. The van der Waals surface area contributed by atoms with Crippen molar-refractivity contribution in [2.45, 2.75) is 52.6 Å². The molecule has 3 heteroatoms. The van der Waals surface area contributed by atoms with E-state index in [1.54, 1.807) is 0 Å². The first-order valence-corrected chi connectivity index (χ1v) is 5.98. The van der Waals surface area contributed by atoms with E-state index in [4.69, 9.17) is 0 Å².